The van der Waals surface area contributed by atoms with Gasteiger partial charge in [-0.05, 0) is 24.6 Å². The van der Waals surface area contributed by atoms with Gasteiger partial charge in [-0.15, -0.1) is 11.6 Å². The van der Waals surface area contributed by atoms with Crippen LogP contribution in [0.3, 0.4) is 0 Å². The zero-order valence-corrected chi connectivity index (χ0v) is 11.8. The molecule has 0 aliphatic rings. The van der Waals surface area contributed by atoms with Gasteiger partial charge in [0.25, 0.3) is 0 Å². The predicted octanol–water partition coefficient (Wildman–Crippen LogP) is 2.38. The smallest absolute Gasteiger partial charge is 0.341 e. The molecule has 2 rings (SSSR count). The fourth-order valence-corrected chi connectivity index (χ4v) is 1.91. The summed E-state index contributed by atoms with van der Waals surface area (Å²) in [6.45, 7) is 2.05. The maximum Gasteiger partial charge on any atom is 0.341 e. The van der Waals surface area contributed by atoms with Gasteiger partial charge in [0.1, 0.15) is 11.4 Å². The third kappa shape index (κ3) is 3.51. The first-order chi connectivity index (χ1) is 9.74. The molecule has 0 fully saturated rings. The average Bonchev–Trinajstić information content (AvgIpc) is 2.48. The minimum absolute atomic E-state index is 0.139. The van der Waals surface area contributed by atoms with Crippen molar-refractivity contribution in [3.8, 4) is 0 Å². The molecule has 2 heterocycles. The van der Waals surface area contributed by atoms with E-state index in [1.54, 1.807) is 19.3 Å². The quantitative estimate of drug-likeness (QED) is 0.625. The molecule has 5 nitrogen and oxygen atoms in total. The van der Waals surface area contributed by atoms with E-state index in [4.69, 9.17) is 16.3 Å². The van der Waals surface area contributed by atoms with Crippen molar-refractivity contribution >= 4 is 17.6 Å². The largest absolute Gasteiger partial charge is 0.462 e. The van der Waals surface area contributed by atoms with Crippen molar-refractivity contribution in [2.75, 3.05) is 6.61 Å². The molecule has 0 aliphatic heterocycles. The molecular formula is C14H14ClN3O2. The first-order valence-corrected chi connectivity index (χ1v) is 6.74. The maximum absolute atomic E-state index is 11.7. The summed E-state index contributed by atoms with van der Waals surface area (Å²) in [5, 5.41) is 0. The fraction of sp³-hybridized carbons (Fsp3) is 0.286. The van der Waals surface area contributed by atoms with Crippen LogP contribution in [0.1, 0.15) is 34.4 Å². The van der Waals surface area contributed by atoms with E-state index in [1.807, 2.05) is 12.1 Å². The number of carbonyl (C=O) groups excluding carboxylic acids is 1. The van der Waals surface area contributed by atoms with Gasteiger partial charge in [0.05, 0.1) is 18.2 Å². The summed E-state index contributed by atoms with van der Waals surface area (Å²) < 4.78 is 4.94. The van der Waals surface area contributed by atoms with Crippen LogP contribution in [0.5, 0.6) is 0 Å². The highest BCUT2D eigenvalue weighted by Crippen LogP contribution is 2.12. The van der Waals surface area contributed by atoms with Crippen LogP contribution in [-0.4, -0.2) is 27.5 Å². The Hall–Kier alpha value is -2.01. The van der Waals surface area contributed by atoms with Gasteiger partial charge in [-0.3, -0.25) is 4.98 Å². The maximum atomic E-state index is 11.7. The van der Waals surface area contributed by atoms with Gasteiger partial charge in [-0.2, -0.15) is 0 Å². The summed E-state index contributed by atoms with van der Waals surface area (Å²) in [5.74, 6) is 0.304. The lowest BCUT2D eigenvalue weighted by atomic mass is 10.2. The second-order valence-corrected chi connectivity index (χ2v) is 4.30. The van der Waals surface area contributed by atoms with Gasteiger partial charge >= 0.3 is 5.97 Å². The number of alkyl halides is 1. The van der Waals surface area contributed by atoms with Gasteiger partial charge in [-0.1, -0.05) is 0 Å². The third-order valence-electron chi connectivity index (χ3n) is 2.65. The lowest BCUT2D eigenvalue weighted by molar-refractivity contribution is 0.0524. The molecular weight excluding hydrogens is 278 g/mol. The summed E-state index contributed by atoms with van der Waals surface area (Å²) in [7, 11) is 0. The molecule has 0 aliphatic carbocycles. The van der Waals surface area contributed by atoms with Gasteiger partial charge in [0.2, 0.25) is 0 Å². The van der Waals surface area contributed by atoms with Gasteiger partial charge in [0.15, 0.2) is 0 Å². The van der Waals surface area contributed by atoms with Crippen molar-refractivity contribution in [2.45, 2.75) is 19.2 Å². The Balaban J connectivity index is 2.23. The molecule has 0 unspecified atom stereocenters. The first-order valence-electron chi connectivity index (χ1n) is 6.21. The Morgan fingerprint density at radius 3 is 2.75 bits per heavy atom. The van der Waals surface area contributed by atoms with E-state index in [0.29, 0.717) is 30.1 Å². The standard InChI is InChI=1S/C14H14ClN3O2/c1-2-20-14(19)11-9-17-13(18-12(11)8-15)7-10-3-5-16-6-4-10/h3-6,9H,2,7-8H2,1H3. The number of carbonyl (C=O) groups is 1. The molecule has 0 atom stereocenters. The Bertz CT molecular complexity index is 590. The number of halogens is 1. The van der Waals surface area contributed by atoms with Crippen LogP contribution >= 0.6 is 11.6 Å². The number of hydrogen-bond donors (Lipinski definition) is 0. The molecule has 104 valence electrons. The topological polar surface area (TPSA) is 65.0 Å². The van der Waals surface area contributed by atoms with Crippen molar-refractivity contribution in [3.63, 3.8) is 0 Å². The molecule has 2 aromatic heterocycles. The zero-order chi connectivity index (χ0) is 14.4. The van der Waals surface area contributed by atoms with Crippen molar-refractivity contribution in [1.82, 2.24) is 15.0 Å². The third-order valence-corrected chi connectivity index (χ3v) is 2.90. The van der Waals surface area contributed by atoms with Crippen LogP contribution in [0.15, 0.2) is 30.7 Å². The molecule has 0 spiro atoms. The normalized spacial score (nSPS) is 10.3. The number of hydrogen-bond acceptors (Lipinski definition) is 5. The summed E-state index contributed by atoms with van der Waals surface area (Å²) in [6, 6.07) is 3.78. The van der Waals surface area contributed by atoms with E-state index in [-0.39, 0.29) is 5.88 Å². The van der Waals surface area contributed by atoms with Crippen molar-refractivity contribution < 1.29 is 9.53 Å². The molecule has 0 amide bonds. The lowest BCUT2D eigenvalue weighted by Gasteiger charge is -2.07. The highest BCUT2D eigenvalue weighted by molar-refractivity contribution is 6.17. The fourth-order valence-electron chi connectivity index (χ4n) is 1.71. The van der Waals surface area contributed by atoms with Crippen LogP contribution < -0.4 is 0 Å². The molecule has 0 bridgehead atoms. The van der Waals surface area contributed by atoms with Gasteiger partial charge < -0.3 is 4.74 Å². The second-order valence-electron chi connectivity index (χ2n) is 4.03. The van der Waals surface area contributed by atoms with Crippen LogP contribution in [0.4, 0.5) is 0 Å². The number of aromatic nitrogens is 3. The molecule has 0 aromatic carbocycles. The summed E-state index contributed by atoms with van der Waals surface area (Å²) >= 11 is 5.84. The zero-order valence-electron chi connectivity index (χ0n) is 11.0. The second kappa shape index (κ2) is 6.96. The highest BCUT2D eigenvalue weighted by Gasteiger charge is 2.15. The number of ether oxygens (including phenoxy) is 1. The van der Waals surface area contributed by atoms with Gasteiger partial charge in [-0.25, -0.2) is 14.8 Å². The molecule has 6 heteroatoms. The minimum Gasteiger partial charge on any atom is -0.462 e. The summed E-state index contributed by atoms with van der Waals surface area (Å²) in [5.41, 5.74) is 1.86. The van der Waals surface area contributed by atoms with E-state index in [1.165, 1.54) is 6.20 Å². The van der Waals surface area contributed by atoms with Crippen LogP contribution in [0, 0.1) is 0 Å². The van der Waals surface area contributed by atoms with Crippen LogP contribution in [0.2, 0.25) is 0 Å². The molecule has 0 saturated carbocycles. The van der Waals surface area contributed by atoms with Crippen LogP contribution in [-0.2, 0) is 17.0 Å². The number of esters is 1. The summed E-state index contributed by atoms with van der Waals surface area (Å²) in [6.07, 6.45) is 5.46. The first kappa shape index (κ1) is 14.4. The van der Waals surface area contributed by atoms with Crippen molar-refractivity contribution in [1.29, 1.82) is 0 Å². The molecule has 0 N–H and O–H groups in total. The van der Waals surface area contributed by atoms with E-state index in [0.717, 1.165) is 5.56 Å². The Kier molecular flexibility index (Phi) is 5.01. The van der Waals surface area contributed by atoms with E-state index >= 15 is 0 Å². The van der Waals surface area contributed by atoms with Crippen molar-refractivity contribution in [2.24, 2.45) is 0 Å². The number of pyridine rings is 1. The molecule has 2 aromatic rings. The van der Waals surface area contributed by atoms with E-state index in [9.17, 15) is 4.79 Å². The highest BCUT2D eigenvalue weighted by atomic mass is 35.5. The molecule has 0 radical (unpaired) electrons. The van der Waals surface area contributed by atoms with E-state index < -0.39 is 5.97 Å². The average molecular weight is 292 g/mol. The minimum atomic E-state index is -0.446. The van der Waals surface area contributed by atoms with Crippen molar-refractivity contribution in [3.05, 3.63) is 53.4 Å². The Morgan fingerprint density at radius 1 is 1.35 bits per heavy atom. The SMILES string of the molecule is CCOC(=O)c1cnc(Cc2ccncc2)nc1CCl. The summed E-state index contributed by atoms with van der Waals surface area (Å²) in [4.78, 5) is 24.2. The Morgan fingerprint density at radius 2 is 2.10 bits per heavy atom. The molecule has 20 heavy (non-hydrogen) atoms. The Labute approximate surface area is 122 Å². The van der Waals surface area contributed by atoms with E-state index in [2.05, 4.69) is 15.0 Å². The predicted molar refractivity (Wildman–Crippen MR) is 74.6 cm³/mol. The number of rotatable bonds is 5. The van der Waals surface area contributed by atoms with Crippen LogP contribution in [0.25, 0.3) is 0 Å². The number of nitrogens with zero attached hydrogens (tertiary/aromatic N) is 3. The molecule has 0 saturated heterocycles. The van der Waals surface area contributed by atoms with Gasteiger partial charge in [0, 0.05) is 25.0 Å². The lowest BCUT2D eigenvalue weighted by Crippen LogP contribution is -2.11. The monoisotopic (exact) mass is 291 g/mol.